The van der Waals surface area contributed by atoms with Gasteiger partial charge in [0.25, 0.3) is 11.5 Å². The highest BCUT2D eigenvalue weighted by Crippen LogP contribution is 2.16. The van der Waals surface area contributed by atoms with Gasteiger partial charge >= 0.3 is 5.97 Å². The number of amides is 1. The Bertz CT molecular complexity index is 1190. The Balaban J connectivity index is 1.29. The molecule has 9 heteroatoms. The fraction of sp³-hybridized carbons (Fsp3) is 0.308. The molecule has 1 atom stereocenters. The van der Waals surface area contributed by atoms with Crippen LogP contribution in [-0.2, 0) is 16.1 Å². The summed E-state index contributed by atoms with van der Waals surface area (Å²) in [4.78, 5) is 41.5. The number of piperazine rings is 1. The largest absolute Gasteiger partial charge is 0.492 e. The van der Waals surface area contributed by atoms with Gasteiger partial charge in [0.05, 0.1) is 6.54 Å². The normalized spacial score (nSPS) is 14.3. The van der Waals surface area contributed by atoms with Crippen molar-refractivity contribution in [1.29, 1.82) is 0 Å². The Morgan fingerprint density at radius 1 is 0.914 bits per heavy atom. The molecule has 35 heavy (non-hydrogen) atoms. The first-order chi connectivity index (χ1) is 17.0. The molecular weight excluding hydrogens is 448 g/mol. The number of ether oxygens (including phenoxy) is 2. The molecule has 0 N–H and O–H groups in total. The van der Waals surface area contributed by atoms with Gasteiger partial charge in [0, 0.05) is 37.9 Å². The van der Waals surface area contributed by atoms with E-state index in [1.54, 1.807) is 11.8 Å². The van der Waals surface area contributed by atoms with E-state index in [9.17, 15) is 14.4 Å². The van der Waals surface area contributed by atoms with Crippen LogP contribution < -0.4 is 15.2 Å². The maximum atomic E-state index is 12.8. The molecule has 3 aromatic rings. The van der Waals surface area contributed by atoms with Crippen molar-refractivity contribution in [3.8, 4) is 5.75 Å². The number of benzene rings is 2. The fourth-order valence-corrected chi connectivity index (χ4v) is 3.84. The van der Waals surface area contributed by atoms with Crippen LogP contribution in [-0.4, -0.2) is 65.4 Å². The van der Waals surface area contributed by atoms with Crippen LogP contribution in [0.4, 0.5) is 5.69 Å². The molecule has 0 spiro atoms. The average Bonchev–Trinajstić information content (AvgIpc) is 2.90. The summed E-state index contributed by atoms with van der Waals surface area (Å²) in [6, 6.07) is 21.8. The fourth-order valence-electron chi connectivity index (χ4n) is 3.84. The minimum atomic E-state index is -0.964. The SMILES string of the molecule is CC(OC(=O)c1ccc(=O)n(CCOc2ccccc2)n1)C(=O)N1CCN(c2ccccc2)CC1. The van der Waals surface area contributed by atoms with Gasteiger partial charge in [0.1, 0.15) is 12.4 Å². The summed E-state index contributed by atoms with van der Waals surface area (Å²) in [6.45, 7) is 4.41. The van der Waals surface area contributed by atoms with Crippen LogP contribution in [0.15, 0.2) is 77.6 Å². The first-order valence-electron chi connectivity index (χ1n) is 11.6. The van der Waals surface area contributed by atoms with Crippen LogP contribution in [0.3, 0.4) is 0 Å². The number of aromatic nitrogens is 2. The van der Waals surface area contributed by atoms with Crippen molar-refractivity contribution in [3.05, 3.63) is 88.8 Å². The first kappa shape index (κ1) is 24.0. The van der Waals surface area contributed by atoms with Gasteiger partial charge in [0.15, 0.2) is 11.8 Å². The number of hydrogen-bond acceptors (Lipinski definition) is 7. The molecule has 182 valence electrons. The lowest BCUT2D eigenvalue weighted by Gasteiger charge is -2.37. The number of carbonyl (C=O) groups is 2. The molecule has 1 unspecified atom stereocenters. The van der Waals surface area contributed by atoms with Gasteiger partial charge in [-0.15, -0.1) is 0 Å². The molecule has 2 aromatic carbocycles. The lowest BCUT2D eigenvalue weighted by atomic mass is 10.2. The van der Waals surface area contributed by atoms with E-state index >= 15 is 0 Å². The van der Waals surface area contributed by atoms with Crippen LogP contribution in [0.25, 0.3) is 0 Å². The molecule has 0 radical (unpaired) electrons. The molecule has 0 aliphatic carbocycles. The highest BCUT2D eigenvalue weighted by Gasteiger charge is 2.28. The zero-order valence-corrected chi connectivity index (χ0v) is 19.6. The lowest BCUT2D eigenvalue weighted by Crippen LogP contribution is -2.51. The third-order valence-corrected chi connectivity index (χ3v) is 5.74. The number of carbonyl (C=O) groups excluding carboxylic acids is 2. The van der Waals surface area contributed by atoms with E-state index in [1.165, 1.54) is 12.1 Å². The number of rotatable bonds is 8. The van der Waals surface area contributed by atoms with E-state index in [1.807, 2.05) is 60.7 Å². The second-order valence-electron chi connectivity index (χ2n) is 8.14. The van der Waals surface area contributed by atoms with Crippen LogP contribution in [0.2, 0.25) is 0 Å². The van der Waals surface area contributed by atoms with Crippen molar-refractivity contribution in [2.24, 2.45) is 0 Å². The van der Waals surface area contributed by atoms with E-state index in [2.05, 4.69) is 10.00 Å². The zero-order valence-electron chi connectivity index (χ0n) is 19.6. The van der Waals surface area contributed by atoms with E-state index in [0.717, 1.165) is 10.4 Å². The highest BCUT2D eigenvalue weighted by atomic mass is 16.5. The third-order valence-electron chi connectivity index (χ3n) is 5.74. The molecular formula is C26H28N4O5. The predicted molar refractivity (Wildman–Crippen MR) is 131 cm³/mol. The smallest absolute Gasteiger partial charge is 0.359 e. The molecule has 0 bridgehead atoms. The first-order valence-corrected chi connectivity index (χ1v) is 11.6. The van der Waals surface area contributed by atoms with E-state index in [4.69, 9.17) is 9.47 Å². The molecule has 9 nitrogen and oxygen atoms in total. The molecule has 0 saturated carbocycles. The van der Waals surface area contributed by atoms with Crippen molar-refractivity contribution >= 4 is 17.6 Å². The van der Waals surface area contributed by atoms with Gasteiger partial charge in [-0.2, -0.15) is 5.10 Å². The number of esters is 1. The maximum Gasteiger partial charge on any atom is 0.359 e. The summed E-state index contributed by atoms with van der Waals surface area (Å²) in [5.41, 5.74) is 0.714. The summed E-state index contributed by atoms with van der Waals surface area (Å²) in [5.74, 6) is -0.338. The molecule has 1 amide bonds. The van der Waals surface area contributed by atoms with Crippen LogP contribution in [0, 0.1) is 0 Å². The second-order valence-corrected chi connectivity index (χ2v) is 8.14. The Kier molecular flexibility index (Phi) is 7.77. The zero-order chi connectivity index (χ0) is 24.6. The van der Waals surface area contributed by atoms with E-state index < -0.39 is 12.1 Å². The monoisotopic (exact) mass is 476 g/mol. The number of hydrogen-bond donors (Lipinski definition) is 0. The Morgan fingerprint density at radius 2 is 1.57 bits per heavy atom. The summed E-state index contributed by atoms with van der Waals surface area (Å²) < 4.78 is 12.1. The number of para-hydroxylation sites is 2. The summed E-state index contributed by atoms with van der Waals surface area (Å²) in [5, 5.41) is 4.09. The molecule has 1 aliphatic rings. The van der Waals surface area contributed by atoms with Crippen molar-refractivity contribution in [2.75, 3.05) is 37.7 Å². The molecule has 1 aromatic heterocycles. The van der Waals surface area contributed by atoms with Gasteiger partial charge in [0.2, 0.25) is 0 Å². The molecule has 1 aliphatic heterocycles. The van der Waals surface area contributed by atoms with Crippen LogP contribution in [0.5, 0.6) is 5.75 Å². The molecule has 4 rings (SSSR count). The summed E-state index contributed by atoms with van der Waals surface area (Å²) in [6.07, 6.45) is -0.964. The topological polar surface area (TPSA) is 94.0 Å². The van der Waals surface area contributed by atoms with E-state index in [0.29, 0.717) is 31.9 Å². The van der Waals surface area contributed by atoms with Crippen molar-refractivity contribution in [2.45, 2.75) is 19.6 Å². The molecule has 1 saturated heterocycles. The average molecular weight is 477 g/mol. The van der Waals surface area contributed by atoms with Crippen molar-refractivity contribution in [3.63, 3.8) is 0 Å². The maximum absolute atomic E-state index is 12.8. The molecule has 2 heterocycles. The lowest BCUT2D eigenvalue weighted by molar-refractivity contribution is -0.140. The van der Waals surface area contributed by atoms with Gasteiger partial charge in [-0.1, -0.05) is 36.4 Å². The highest BCUT2D eigenvalue weighted by molar-refractivity contribution is 5.90. The predicted octanol–water partition coefficient (Wildman–Crippen LogP) is 2.22. The third kappa shape index (κ3) is 6.26. The van der Waals surface area contributed by atoms with Crippen LogP contribution >= 0.6 is 0 Å². The standard InChI is InChI=1S/C26H28N4O5/c1-20(25(32)29-16-14-28(15-17-29)21-8-4-2-5-9-21)35-26(33)23-12-13-24(31)30(27-23)18-19-34-22-10-6-3-7-11-22/h2-13,20H,14-19H2,1H3. The molecule has 1 fully saturated rings. The number of anilines is 1. The summed E-state index contributed by atoms with van der Waals surface area (Å²) >= 11 is 0. The van der Waals surface area contributed by atoms with Crippen LogP contribution in [0.1, 0.15) is 17.4 Å². The Morgan fingerprint density at radius 3 is 2.26 bits per heavy atom. The van der Waals surface area contributed by atoms with Gasteiger partial charge in [-0.05, 0) is 37.3 Å². The van der Waals surface area contributed by atoms with Gasteiger partial charge in [-0.3, -0.25) is 9.59 Å². The van der Waals surface area contributed by atoms with Crippen molar-refractivity contribution < 1.29 is 19.1 Å². The quantitative estimate of drug-likeness (QED) is 0.460. The van der Waals surface area contributed by atoms with E-state index in [-0.39, 0.29) is 30.3 Å². The van der Waals surface area contributed by atoms with Gasteiger partial charge in [-0.25, -0.2) is 9.48 Å². The van der Waals surface area contributed by atoms with Crippen molar-refractivity contribution in [1.82, 2.24) is 14.7 Å². The minimum absolute atomic E-state index is 0.0436. The second kappa shape index (κ2) is 11.3. The minimum Gasteiger partial charge on any atom is -0.492 e. The Labute approximate surface area is 203 Å². The number of nitrogens with zero attached hydrogens (tertiary/aromatic N) is 4. The summed E-state index contributed by atoms with van der Waals surface area (Å²) in [7, 11) is 0. The Hall–Kier alpha value is -4.14. The van der Waals surface area contributed by atoms with Gasteiger partial charge < -0.3 is 19.3 Å².